The molecule has 0 amide bonds. The summed E-state index contributed by atoms with van der Waals surface area (Å²) in [5.74, 6) is 0.952. The van der Waals surface area contributed by atoms with Crippen molar-refractivity contribution in [2.75, 3.05) is 13.1 Å². The van der Waals surface area contributed by atoms with Crippen LogP contribution < -0.4 is 5.32 Å². The van der Waals surface area contributed by atoms with Crippen LogP contribution in [0.3, 0.4) is 0 Å². The summed E-state index contributed by atoms with van der Waals surface area (Å²) in [7, 11) is 0. The minimum absolute atomic E-state index is 0.184. The molecule has 2 aliphatic rings. The van der Waals surface area contributed by atoms with Crippen LogP contribution >= 0.6 is 0 Å². The lowest BCUT2D eigenvalue weighted by molar-refractivity contribution is -0.139. The zero-order chi connectivity index (χ0) is 15.4. The average Bonchev–Trinajstić information content (AvgIpc) is 2.40. The van der Waals surface area contributed by atoms with Crippen molar-refractivity contribution in [1.29, 1.82) is 0 Å². The number of aliphatic carboxylic acids is 1. The van der Waals surface area contributed by atoms with Gasteiger partial charge in [0.15, 0.2) is 0 Å². The third-order valence-electron chi connectivity index (χ3n) is 5.69. The van der Waals surface area contributed by atoms with Gasteiger partial charge >= 0.3 is 5.97 Å². The maximum Gasteiger partial charge on any atom is 0.317 e. The van der Waals surface area contributed by atoms with Gasteiger partial charge in [-0.2, -0.15) is 0 Å². The minimum atomic E-state index is -0.711. The molecule has 21 heavy (non-hydrogen) atoms. The fourth-order valence-electron chi connectivity index (χ4n) is 4.28. The van der Waals surface area contributed by atoms with Crippen molar-refractivity contribution in [3.05, 3.63) is 0 Å². The second-order valence-corrected chi connectivity index (χ2v) is 7.16. The van der Waals surface area contributed by atoms with Gasteiger partial charge in [-0.3, -0.25) is 9.69 Å². The maximum atomic E-state index is 10.9. The number of hydrogen-bond donors (Lipinski definition) is 2. The fraction of sp³-hybridized carbons (Fsp3) is 0.941. The highest BCUT2D eigenvalue weighted by molar-refractivity contribution is 5.69. The highest BCUT2D eigenvalue weighted by Gasteiger charge is 2.36. The molecule has 2 rings (SSSR count). The summed E-state index contributed by atoms with van der Waals surface area (Å²) in [5, 5.41) is 12.7. The molecule has 0 heterocycles. The summed E-state index contributed by atoms with van der Waals surface area (Å²) in [4.78, 5) is 12.9. The van der Waals surface area contributed by atoms with Gasteiger partial charge in [0.2, 0.25) is 0 Å². The first kappa shape index (κ1) is 16.8. The molecule has 3 unspecified atom stereocenters. The molecular formula is C17H32N2O2. The Morgan fingerprint density at radius 1 is 1.33 bits per heavy atom. The Labute approximate surface area is 129 Å². The second-order valence-electron chi connectivity index (χ2n) is 7.16. The number of hydrogen-bond acceptors (Lipinski definition) is 3. The minimum Gasteiger partial charge on any atom is -0.480 e. The van der Waals surface area contributed by atoms with E-state index in [1.165, 1.54) is 25.7 Å². The molecule has 0 radical (unpaired) electrons. The van der Waals surface area contributed by atoms with Crippen molar-refractivity contribution in [1.82, 2.24) is 10.2 Å². The Morgan fingerprint density at radius 3 is 2.57 bits per heavy atom. The summed E-state index contributed by atoms with van der Waals surface area (Å²) in [6, 6.07) is 1.64. The molecule has 3 atom stereocenters. The Kier molecular flexibility index (Phi) is 6.06. The van der Waals surface area contributed by atoms with E-state index < -0.39 is 5.97 Å². The first-order valence-electron chi connectivity index (χ1n) is 8.73. The van der Waals surface area contributed by atoms with Crippen molar-refractivity contribution in [2.24, 2.45) is 11.8 Å². The lowest BCUT2D eigenvalue weighted by Crippen LogP contribution is -2.56. The monoisotopic (exact) mass is 296 g/mol. The zero-order valence-corrected chi connectivity index (χ0v) is 13.8. The van der Waals surface area contributed by atoms with Gasteiger partial charge < -0.3 is 10.4 Å². The van der Waals surface area contributed by atoms with Crippen LogP contribution in [0.2, 0.25) is 0 Å². The molecule has 4 nitrogen and oxygen atoms in total. The lowest BCUT2D eigenvalue weighted by atomic mass is 9.75. The molecule has 0 spiro atoms. The van der Waals surface area contributed by atoms with Gasteiger partial charge in [0, 0.05) is 18.1 Å². The molecule has 2 N–H and O–H groups in total. The Morgan fingerprint density at radius 2 is 2.00 bits per heavy atom. The predicted octanol–water partition coefficient (Wildman–Crippen LogP) is 2.73. The third-order valence-corrected chi connectivity index (χ3v) is 5.69. The SMILES string of the molecule is CCN(CC(=O)O)C1CC(NC(C)C2CCCCC2C)C1. The number of likely N-dealkylation sites (N-methyl/N-ethyl adjacent to an activating group) is 1. The van der Waals surface area contributed by atoms with Gasteiger partial charge in [0.25, 0.3) is 0 Å². The van der Waals surface area contributed by atoms with Crippen LogP contribution in [0.1, 0.15) is 59.3 Å². The van der Waals surface area contributed by atoms with Crippen LogP contribution in [0.25, 0.3) is 0 Å². The van der Waals surface area contributed by atoms with E-state index in [-0.39, 0.29) is 6.54 Å². The molecule has 0 bridgehead atoms. The average molecular weight is 296 g/mol. The topological polar surface area (TPSA) is 52.6 Å². The molecule has 122 valence electrons. The van der Waals surface area contributed by atoms with Crippen molar-refractivity contribution < 1.29 is 9.90 Å². The molecular weight excluding hydrogens is 264 g/mol. The molecule has 0 aliphatic heterocycles. The van der Waals surface area contributed by atoms with Gasteiger partial charge in [0.05, 0.1) is 6.54 Å². The smallest absolute Gasteiger partial charge is 0.317 e. The van der Waals surface area contributed by atoms with Gasteiger partial charge in [-0.15, -0.1) is 0 Å². The van der Waals surface area contributed by atoms with Crippen molar-refractivity contribution >= 4 is 5.97 Å². The van der Waals surface area contributed by atoms with Crippen LogP contribution in [-0.2, 0) is 4.79 Å². The van der Waals surface area contributed by atoms with Crippen molar-refractivity contribution in [3.63, 3.8) is 0 Å². The summed E-state index contributed by atoms with van der Waals surface area (Å²) in [6.07, 6.45) is 7.74. The Hall–Kier alpha value is -0.610. The first-order chi connectivity index (χ1) is 10.0. The largest absolute Gasteiger partial charge is 0.480 e. The van der Waals surface area contributed by atoms with E-state index in [0.29, 0.717) is 18.1 Å². The van der Waals surface area contributed by atoms with E-state index in [1.807, 2.05) is 0 Å². The number of carbonyl (C=O) groups is 1. The van der Waals surface area contributed by atoms with E-state index in [4.69, 9.17) is 5.11 Å². The molecule has 0 aromatic rings. The van der Waals surface area contributed by atoms with Crippen LogP contribution in [0.5, 0.6) is 0 Å². The van der Waals surface area contributed by atoms with Crippen LogP contribution in [0.15, 0.2) is 0 Å². The van der Waals surface area contributed by atoms with E-state index in [0.717, 1.165) is 31.2 Å². The lowest BCUT2D eigenvalue weighted by Gasteiger charge is -2.45. The van der Waals surface area contributed by atoms with Crippen LogP contribution in [-0.4, -0.2) is 47.2 Å². The van der Waals surface area contributed by atoms with Crippen LogP contribution in [0, 0.1) is 11.8 Å². The van der Waals surface area contributed by atoms with Gasteiger partial charge in [-0.1, -0.05) is 33.1 Å². The maximum absolute atomic E-state index is 10.9. The standard InChI is InChI=1S/C17H32N2O2/c1-4-19(11-17(20)21)15-9-14(10-15)18-13(3)16-8-6-5-7-12(16)2/h12-16,18H,4-11H2,1-3H3,(H,20,21). The molecule has 0 aromatic heterocycles. The summed E-state index contributed by atoms with van der Waals surface area (Å²) in [6.45, 7) is 7.81. The highest BCUT2D eigenvalue weighted by atomic mass is 16.4. The third kappa shape index (κ3) is 4.43. The molecule has 0 saturated heterocycles. The Balaban J connectivity index is 1.73. The number of nitrogens with zero attached hydrogens (tertiary/aromatic N) is 1. The van der Waals surface area contributed by atoms with Gasteiger partial charge in [-0.25, -0.2) is 0 Å². The zero-order valence-electron chi connectivity index (χ0n) is 13.8. The summed E-state index contributed by atoms with van der Waals surface area (Å²) >= 11 is 0. The molecule has 0 aromatic carbocycles. The van der Waals surface area contributed by atoms with E-state index in [2.05, 4.69) is 31.0 Å². The first-order valence-corrected chi connectivity index (χ1v) is 8.73. The fourth-order valence-corrected chi connectivity index (χ4v) is 4.28. The molecule has 2 fully saturated rings. The van der Waals surface area contributed by atoms with Crippen molar-refractivity contribution in [2.45, 2.75) is 77.4 Å². The normalized spacial score (nSPS) is 34.5. The quantitative estimate of drug-likeness (QED) is 0.758. The van der Waals surface area contributed by atoms with Gasteiger partial charge in [0.1, 0.15) is 0 Å². The predicted molar refractivity (Wildman–Crippen MR) is 85.4 cm³/mol. The Bertz CT molecular complexity index is 342. The van der Waals surface area contributed by atoms with Gasteiger partial charge in [-0.05, 0) is 44.6 Å². The highest BCUT2D eigenvalue weighted by Crippen LogP contribution is 2.33. The van der Waals surface area contributed by atoms with E-state index >= 15 is 0 Å². The summed E-state index contributed by atoms with van der Waals surface area (Å²) in [5.41, 5.74) is 0. The van der Waals surface area contributed by atoms with Crippen LogP contribution in [0.4, 0.5) is 0 Å². The molecule has 2 saturated carbocycles. The molecule has 4 heteroatoms. The summed E-state index contributed by atoms with van der Waals surface area (Å²) < 4.78 is 0. The van der Waals surface area contributed by atoms with Crippen molar-refractivity contribution in [3.8, 4) is 0 Å². The number of rotatable bonds is 7. The number of carboxylic acid groups (broad SMARTS) is 1. The van der Waals surface area contributed by atoms with E-state index in [1.54, 1.807) is 0 Å². The second kappa shape index (κ2) is 7.59. The molecule has 2 aliphatic carbocycles. The number of nitrogens with one attached hydrogen (secondary N) is 1. The number of carboxylic acids is 1. The van der Waals surface area contributed by atoms with E-state index in [9.17, 15) is 4.79 Å².